The highest BCUT2D eigenvalue weighted by molar-refractivity contribution is 5.69. The molecule has 0 aromatic carbocycles. The fraction of sp³-hybridized carbons (Fsp3) is 0.917. The monoisotopic (exact) mass is 782 g/mol. The largest absolute Gasteiger partial charge is 0.463 e. The van der Waals surface area contributed by atoms with Gasteiger partial charge in [0.25, 0.3) is 0 Å². The molecule has 3 aliphatic heterocycles. The zero-order valence-corrected chi connectivity index (χ0v) is 31.8. The van der Waals surface area contributed by atoms with Crippen LogP contribution in [0.4, 0.5) is 0 Å². The summed E-state index contributed by atoms with van der Waals surface area (Å²) in [6.07, 6.45) is -15.2. The Morgan fingerprint density at radius 1 is 0.611 bits per heavy atom. The second-order valence-electron chi connectivity index (χ2n) is 14.4. The quantitative estimate of drug-likeness (QED) is 0.0481. The van der Waals surface area contributed by atoms with Crippen LogP contribution < -0.4 is 0 Å². The molecule has 3 aliphatic rings. The fourth-order valence-corrected chi connectivity index (χ4v) is 6.78. The number of aliphatic hydroxyl groups is 7. The Morgan fingerprint density at radius 2 is 1.22 bits per heavy atom. The van der Waals surface area contributed by atoms with Gasteiger partial charge in [0.15, 0.2) is 31.1 Å². The average Bonchev–Trinajstić information content (AvgIpc) is 3.10. The van der Waals surface area contributed by atoms with Crippen LogP contribution in [0.2, 0.25) is 0 Å². The molecule has 0 aliphatic carbocycles. The minimum atomic E-state index is -1.91. The molecular formula is C36H62O18. The first-order valence-corrected chi connectivity index (χ1v) is 19.1. The predicted octanol–water partition coefficient (Wildman–Crippen LogP) is -0.153. The van der Waals surface area contributed by atoms with Gasteiger partial charge in [0, 0.05) is 20.3 Å². The van der Waals surface area contributed by atoms with Crippen molar-refractivity contribution in [1.29, 1.82) is 0 Å². The van der Waals surface area contributed by atoms with E-state index >= 15 is 0 Å². The number of rotatable bonds is 20. The summed E-state index contributed by atoms with van der Waals surface area (Å²) in [5.74, 6) is -2.19. The molecule has 314 valence electrons. The molecule has 0 aromatic rings. The van der Waals surface area contributed by atoms with Crippen LogP contribution in [-0.2, 0) is 52.3 Å². The van der Waals surface area contributed by atoms with E-state index in [1.807, 2.05) is 6.92 Å². The van der Waals surface area contributed by atoms with Crippen molar-refractivity contribution in [3.8, 4) is 0 Å². The number of unbranched alkanes of at least 4 members (excludes halogenated alkanes) is 6. The van der Waals surface area contributed by atoms with E-state index in [2.05, 4.69) is 0 Å². The van der Waals surface area contributed by atoms with E-state index in [-0.39, 0.29) is 12.5 Å². The van der Waals surface area contributed by atoms with Crippen LogP contribution >= 0.6 is 0 Å². The first-order chi connectivity index (χ1) is 25.5. The number of carbonyl (C=O) groups is 3. The highest BCUT2D eigenvalue weighted by atomic mass is 16.8. The van der Waals surface area contributed by atoms with Crippen LogP contribution in [0.15, 0.2) is 0 Å². The Morgan fingerprint density at radius 3 is 1.85 bits per heavy atom. The maximum Gasteiger partial charge on any atom is 0.306 e. The van der Waals surface area contributed by atoms with E-state index in [0.29, 0.717) is 12.8 Å². The topological polar surface area (TPSA) is 267 Å². The van der Waals surface area contributed by atoms with E-state index in [4.69, 9.17) is 37.9 Å². The predicted molar refractivity (Wildman–Crippen MR) is 184 cm³/mol. The van der Waals surface area contributed by atoms with Gasteiger partial charge in [-0.25, -0.2) is 0 Å². The lowest BCUT2D eigenvalue weighted by atomic mass is 9.96. The number of aliphatic hydroxyl groups excluding tert-OH is 7. The number of hydrogen-bond donors (Lipinski definition) is 7. The van der Waals surface area contributed by atoms with E-state index in [9.17, 15) is 50.1 Å². The summed E-state index contributed by atoms with van der Waals surface area (Å²) < 4.78 is 45.2. The minimum absolute atomic E-state index is 0.0498. The van der Waals surface area contributed by atoms with Crippen LogP contribution in [0, 0.1) is 0 Å². The molecule has 0 saturated carbocycles. The zero-order chi connectivity index (χ0) is 40.1. The zero-order valence-electron chi connectivity index (χ0n) is 31.8. The Bertz CT molecular complexity index is 1140. The minimum Gasteiger partial charge on any atom is -0.463 e. The smallest absolute Gasteiger partial charge is 0.306 e. The molecule has 3 rings (SSSR count). The van der Waals surface area contributed by atoms with Gasteiger partial charge in [0.1, 0.15) is 55.4 Å². The number of ether oxygens (including phenoxy) is 8. The van der Waals surface area contributed by atoms with E-state index in [1.165, 1.54) is 13.8 Å². The molecule has 16 atom stereocenters. The summed E-state index contributed by atoms with van der Waals surface area (Å²) in [5, 5.41) is 73.9. The first kappa shape index (κ1) is 46.3. The molecule has 0 aromatic heterocycles. The van der Waals surface area contributed by atoms with E-state index in [0.717, 1.165) is 65.2 Å². The van der Waals surface area contributed by atoms with Crippen molar-refractivity contribution in [3.63, 3.8) is 0 Å². The summed E-state index contributed by atoms with van der Waals surface area (Å²) in [6, 6.07) is 0. The molecule has 1 unspecified atom stereocenters. The molecule has 0 amide bonds. The highest BCUT2D eigenvalue weighted by Gasteiger charge is 2.55. The highest BCUT2D eigenvalue weighted by Crippen LogP contribution is 2.35. The van der Waals surface area contributed by atoms with Gasteiger partial charge in [-0.3, -0.25) is 14.4 Å². The van der Waals surface area contributed by atoms with Crippen LogP contribution in [0.1, 0.15) is 105 Å². The van der Waals surface area contributed by atoms with Gasteiger partial charge in [0.05, 0.1) is 18.3 Å². The molecule has 18 heteroatoms. The summed E-state index contributed by atoms with van der Waals surface area (Å²) in [6.45, 7) is 6.71. The lowest BCUT2D eigenvalue weighted by molar-refractivity contribution is -0.379. The van der Waals surface area contributed by atoms with Gasteiger partial charge in [-0.15, -0.1) is 0 Å². The third kappa shape index (κ3) is 13.5. The molecule has 3 heterocycles. The molecule has 7 N–H and O–H groups in total. The molecule has 0 bridgehead atoms. The molecule has 3 saturated heterocycles. The average molecular weight is 783 g/mol. The Balaban J connectivity index is 1.77. The van der Waals surface area contributed by atoms with E-state index in [1.54, 1.807) is 0 Å². The maximum atomic E-state index is 13.4. The first-order valence-electron chi connectivity index (χ1n) is 19.1. The number of hydrogen-bond acceptors (Lipinski definition) is 18. The van der Waals surface area contributed by atoms with E-state index < -0.39 is 117 Å². The van der Waals surface area contributed by atoms with Gasteiger partial charge >= 0.3 is 17.9 Å². The Labute approximate surface area is 315 Å². The maximum absolute atomic E-state index is 13.4. The SMILES string of the molecule is CCC[C@H](O)CCCCCCCCCC(=O)O[C@H]1[C@H](O[C@H]2C(O)O[C@H](COC(C)=O)[C@@H](O)[C@@H]2O)O[C@@H](C)[C@H](OC(C)=O)[C@H]1O[C@@H]1O[C@@H](C)[C@H](O)[C@@H](O)[C@H]1O. The van der Waals surface area contributed by atoms with Gasteiger partial charge in [-0.1, -0.05) is 51.9 Å². The third-order valence-electron chi connectivity index (χ3n) is 9.84. The molecular weight excluding hydrogens is 720 g/mol. The second-order valence-corrected chi connectivity index (χ2v) is 14.4. The van der Waals surface area contributed by atoms with Crippen LogP contribution in [0.5, 0.6) is 0 Å². The second kappa shape index (κ2) is 22.6. The molecule has 0 radical (unpaired) electrons. The van der Waals surface area contributed by atoms with Crippen molar-refractivity contribution in [2.75, 3.05) is 6.61 Å². The summed E-state index contributed by atoms with van der Waals surface area (Å²) >= 11 is 0. The van der Waals surface area contributed by atoms with Crippen molar-refractivity contribution >= 4 is 17.9 Å². The van der Waals surface area contributed by atoms with Crippen molar-refractivity contribution in [2.45, 2.75) is 203 Å². The van der Waals surface area contributed by atoms with Crippen LogP contribution in [0.3, 0.4) is 0 Å². The summed E-state index contributed by atoms with van der Waals surface area (Å²) in [5.41, 5.74) is 0. The van der Waals surface area contributed by atoms with Crippen LogP contribution in [0.25, 0.3) is 0 Å². The Kier molecular flexibility index (Phi) is 19.4. The Hall–Kier alpha value is -2.07. The molecule has 18 nitrogen and oxygen atoms in total. The van der Waals surface area contributed by atoms with Crippen molar-refractivity contribution in [2.24, 2.45) is 0 Å². The number of carbonyl (C=O) groups excluding carboxylic acids is 3. The van der Waals surface area contributed by atoms with Crippen molar-refractivity contribution in [3.05, 3.63) is 0 Å². The standard InChI is InChI=1S/C36H62O18/c1-6-14-22(39)15-12-10-8-7-9-11-13-16-24(40)52-33-32(54-35-29(45)27(43)25(41)18(2)48-35)30(50-21(5)38)19(3)49-36(33)53-31-28(44)26(42)23(51-34(31)46)17-47-20(4)37/h18-19,22-23,25-36,39,41-46H,6-17H2,1-5H3/t18-,19-,22-,23+,25-,26+,27+,28-,29+,30-,31+,32+,33+,34?,35-,36-/m0/s1. The third-order valence-corrected chi connectivity index (χ3v) is 9.84. The van der Waals surface area contributed by atoms with Gasteiger partial charge in [-0.2, -0.15) is 0 Å². The summed E-state index contributed by atoms with van der Waals surface area (Å²) in [4.78, 5) is 36.9. The normalized spacial score (nSPS) is 37.7. The van der Waals surface area contributed by atoms with Gasteiger partial charge in [0.2, 0.25) is 0 Å². The molecule has 54 heavy (non-hydrogen) atoms. The van der Waals surface area contributed by atoms with Gasteiger partial charge in [-0.05, 0) is 33.1 Å². The number of esters is 3. The molecule has 0 spiro atoms. The lowest BCUT2D eigenvalue weighted by Crippen LogP contribution is -2.66. The molecule has 3 fully saturated rings. The fourth-order valence-electron chi connectivity index (χ4n) is 6.78. The lowest BCUT2D eigenvalue weighted by Gasteiger charge is -2.48. The van der Waals surface area contributed by atoms with Crippen LogP contribution in [-0.4, -0.2) is 158 Å². The van der Waals surface area contributed by atoms with Crippen molar-refractivity contribution in [1.82, 2.24) is 0 Å². The summed E-state index contributed by atoms with van der Waals surface area (Å²) in [7, 11) is 0. The van der Waals surface area contributed by atoms with Crippen molar-refractivity contribution < 1.29 is 88.0 Å². The van der Waals surface area contributed by atoms with Gasteiger partial charge < -0.3 is 73.6 Å².